The highest BCUT2D eigenvalue weighted by atomic mass is 16.2. The molecule has 1 atom stereocenters. The Morgan fingerprint density at radius 3 is 2.50 bits per heavy atom. The third-order valence-corrected chi connectivity index (χ3v) is 4.23. The highest BCUT2D eigenvalue weighted by Gasteiger charge is 2.36. The molecule has 104 valence electrons. The van der Waals surface area contributed by atoms with E-state index < -0.39 is 0 Å². The Kier molecular flexibility index (Phi) is 5.01. The lowest BCUT2D eigenvalue weighted by atomic mass is 10.0. The van der Waals surface area contributed by atoms with Crippen LogP contribution in [0.15, 0.2) is 0 Å². The molecular weight excluding hydrogens is 226 g/mol. The fourth-order valence-corrected chi connectivity index (χ4v) is 3.27. The minimum atomic E-state index is 0.0867. The third kappa shape index (κ3) is 3.04. The van der Waals surface area contributed by atoms with Gasteiger partial charge in [0.25, 0.3) is 0 Å². The second kappa shape index (κ2) is 6.53. The van der Waals surface area contributed by atoms with E-state index in [1.54, 1.807) is 0 Å². The number of likely N-dealkylation sites (tertiary alicyclic amines) is 2. The normalized spacial score (nSPS) is 27.1. The number of hydrogen-bond donors (Lipinski definition) is 1. The summed E-state index contributed by atoms with van der Waals surface area (Å²) in [6.07, 6.45) is 4.53. The van der Waals surface area contributed by atoms with Gasteiger partial charge >= 0.3 is 0 Å². The first kappa shape index (κ1) is 13.8. The molecule has 2 aliphatic rings. The first-order valence-electron chi connectivity index (χ1n) is 7.52. The van der Waals surface area contributed by atoms with Crippen molar-refractivity contribution in [2.24, 2.45) is 0 Å². The molecule has 4 heteroatoms. The van der Waals surface area contributed by atoms with Gasteiger partial charge in [0.05, 0.1) is 6.04 Å². The summed E-state index contributed by atoms with van der Waals surface area (Å²) in [4.78, 5) is 16.9. The molecule has 0 bridgehead atoms. The number of rotatable bonds is 5. The maximum absolute atomic E-state index is 12.3. The smallest absolute Gasteiger partial charge is 0.240 e. The summed E-state index contributed by atoms with van der Waals surface area (Å²) in [5.74, 6) is 0.339. The summed E-state index contributed by atoms with van der Waals surface area (Å²) in [6, 6.07) is 0.581. The predicted octanol–water partition coefficient (Wildman–Crippen LogP) is 1.07. The molecule has 0 aromatic rings. The molecule has 1 amide bonds. The largest absolute Gasteiger partial charge is 0.338 e. The molecule has 0 aliphatic carbocycles. The highest BCUT2D eigenvalue weighted by Crippen LogP contribution is 2.22. The van der Waals surface area contributed by atoms with Crippen LogP contribution in [0.1, 0.15) is 39.5 Å². The molecule has 2 saturated heterocycles. The van der Waals surface area contributed by atoms with Gasteiger partial charge in [-0.25, -0.2) is 0 Å². The summed E-state index contributed by atoms with van der Waals surface area (Å²) in [5, 5.41) is 3.29. The van der Waals surface area contributed by atoms with Crippen LogP contribution in [0.25, 0.3) is 0 Å². The minimum Gasteiger partial charge on any atom is -0.338 e. The summed E-state index contributed by atoms with van der Waals surface area (Å²) in [5.41, 5.74) is 0. The van der Waals surface area contributed by atoms with E-state index >= 15 is 0 Å². The minimum absolute atomic E-state index is 0.0867. The quantitative estimate of drug-likeness (QED) is 0.796. The van der Waals surface area contributed by atoms with Gasteiger partial charge in [0.15, 0.2) is 0 Å². The number of likely N-dealkylation sites (N-methyl/N-ethyl adjacent to an activating group) is 1. The summed E-state index contributed by atoms with van der Waals surface area (Å²) in [7, 11) is 0. The van der Waals surface area contributed by atoms with Gasteiger partial charge in [0.2, 0.25) is 5.91 Å². The van der Waals surface area contributed by atoms with Gasteiger partial charge in [-0.3, -0.25) is 4.79 Å². The second-order valence-electron chi connectivity index (χ2n) is 5.50. The second-order valence-corrected chi connectivity index (χ2v) is 5.50. The van der Waals surface area contributed by atoms with Crippen LogP contribution in [0, 0.1) is 0 Å². The number of carbonyl (C=O) groups excluding carboxylic acids is 1. The van der Waals surface area contributed by atoms with E-state index in [0.717, 1.165) is 45.4 Å². The Balaban J connectivity index is 1.81. The lowest BCUT2D eigenvalue weighted by Crippen LogP contribution is -2.48. The number of nitrogens with zero attached hydrogens (tertiary/aromatic N) is 2. The fraction of sp³-hybridized carbons (Fsp3) is 0.929. The van der Waals surface area contributed by atoms with E-state index in [1.165, 1.54) is 13.0 Å². The van der Waals surface area contributed by atoms with Crippen molar-refractivity contribution in [1.29, 1.82) is 0 Å². The molecule has 0 radical (unpaired) electrons. The number of amides is 1. The van der Waals surface area contributed by atoms with E-state index in [-0.39, 0.29) is 6.04 Å². The molecule has 0 aromatic heterocycles. The van der Waals surface area contributed by atoms with Crippen LogP contribution >= 0.6 is 0 Å². The molecule has 2 heterocycles. The van der Waals surface area contributed by atoms with Crippen molar-refractivity contribution in [3.63, 3.8) is 0 Å². The van der Waals surface area contributed by atoms with Gasteiger partial charge in [-0.15, -0.1) is 0 Å². The van der Waals surface area contributed by atoms with Crippen LogP contribution in [0.5, 0.6) is 0 Å². The number of hydrogen-bond acceptors (Lipinski definition) is 3. The molecule has 18 heavy (non-hydrogen) atoms. The molecule has 0 spiro atoms. The zero-order valence-electron chi connectivity index (χ0n) is 11.8. The molecule has 1 N–H and O–H groups in total. The Morgan fingerprint density at radius 2 is 1.89 bits per heavy atom. The van der Waals surface area contributed by atoms with Crippen molar-refractivity contribution in [2.45, 2.75) is 51.6 Å². The number of piperidine rings is 1. The van der Waals surface area contributed by atoms with E-state index in [1.807, 2.05) is 0 Å². The molecule has 0 saturated carbocycles. The van der Waals surface area contributed by atoms with Crippen molar-refractivity contribution in [1.82, 2.24) is 15.1 Å². The number of carbonyl (C=O) groups is 1. The van der Waals surface area contributed by atoms with Crippen LogP contribution in [-0.4, -0.2) is 60.5 Å². The molecule has 4 nitrogen and oxygen atoms in total. The van der Waals surface area contributed by atoms with E-state index in [2.05, 4.69) is 29.0 Å². The molecule has 2 fully saturated rings. The molecule has 0 aromatic carbocycles. The highest BCUT2D eigenvalue weighted by molar-refractivity contribution is 5.84. The van der Waals surface area contributed by atoms with Crippen LogP contribution in [0.2, 0.25) is 0 Å². The maximum Gasteiger partial charge on any atom is 0.240 e. The summed E-state index contributed by atoms with van der Waals surface area (Å²) >= 11 is 0. The Morgan fingerprint density at radius 1 is 1.17 bits per heavy atom. The summed E-state index contributed by atoms with van der Waals surface area (Å²) < 4.78 is 0. The predicted molar refractivity (Wildman–Crippen MR) is 73.5 cm³/mol. The van der Waals surface area contributed by atoms with Crippen molar-refractivity contribution in [3.05, 3.63) is 0 Å². The average molecular weight is 253 g/mol. The third-order valence-electron chi connectivity index (χ3n) is 4.23. The lowest BCUT2D eigenvalue weighted by molar-refractivity contribution is -0.132. The van der Waals surface area contributed by atoms with Gasteiger partial charge in [-0.05, 0) is 38.8 Å². The molecule has 2 aliphatic heterocycles. The van der Waals surface area contributed by atoms with Crippen LogP contribution in [0.3, 0.4) is 0 Å². The summed E-state index contributed by atoms with van der Waals surface area (Å²) in [6.45, 7) is 9.67. The Labute approximate surface area is 111 Å². The zero-order valence-corrected chi connectivity index (χ0v) is 11.8. The van der Waals surface area contributed by atoms with Gasteiger partial charge in [0.1, 0.15) is 0 Å². The van der Waals surface area contributed by atoms with Crippen LogP contribution in [0.4, 0.5) is 0 Å². The van der Waals surface area contributed by atoms with Crippen LogP contribution in [-0.2, 0) is 4.79 Å². The first-order chi connectivity index (χ1) is 8.76. The zero-order chi connectivity index (χ0) is 13.0. The Bertz CT molecular complexity index is 274. The molecular formula is C14H27N3O. The topological polar surface area (TPSA) is 35.6 Å². The van der Waals surface area contributed by atoms with Crippen molar-refractivity contribution in [3.8, 4) is 0 Å². The maximum atomic E-state index is 12.3. The molecule has 1 unspecified atom stereocenters. The standard InChI is InChI=1S/C14H27N3O/c1-3-8-16-9-5-12(6-10-16)17-11-7-13(14(17)18)15-4-2/h12-13,15H,3-11H2,1-2H3. The van der Waals surface area contributed by atoms with Gasteiger partial charge < -0.3 is 15.1 Å². The molecule has 2 rings (SSSR count). The first-order valence-corrected chi connectivity index (χ1v) is 7.52. The SMILES string of the molecule is CCCN1CCC(N2CCC(NCC)C2=O)CC1. The van der Waals surface area contributed by atoms with E-state index in [9.17, 15) is 4.79 Å². The average Bonchev–Trinajstić information content (AvgIpc) is 2.73. The van der Waals surface area contributed by atoms with Gasteiger partial charge in [0, 0.05) is 25.7 Å². The monoisotopic (exact) mass is 253 g/mol. The Hall–Kier alpha value is -0.610. The van der Waals surface area contributed by atoms with Crippen molar-refractivity contribution in [2.75, 3.05) is 32.7 Å². The van der Waals surface area contributed by atoms with Crippen LogP contribution < -0.4 is 5.32 Å². The van der Waals surface area contributed by atoms with E-state index in [0.29, 0.717) is 11.9 Å². The van der Waals surface area contributed by atoms with Gasteiger partial charge in [-0.1, -0.05) is 13.8 Å². The fourth-order valence-electron chi connectivity index (χ4n) is 3.27. The van der Waals surface area contributed by atoms with Gasteiger partial charge in [-0.2, -0.15) is 0 Å². The van der Waals surface area contributed by atoms with Crippen molar-refractivity contribution < 1.29 is 4.79 Å². The van der Waals surface area contributed by atoms with Crippen molar-refractivity contribution >= 4 is 5.91 Å². The van der Waals surface area contributed by atoms with E-state index in [4.69, 9.17) is 0 Å². The lowest BCUT2D eigenvalue weighted by Gasteiger charge is -2.36. The number of nitrogens with one attached hydrogen (secondary N) is 1.